The average Bonchev–Trinajstić information content (AvgIpc) is 3.09. The number of benzene rings is 1. The van der Waals surface area contributed by atoms with Gasteiger partial charge in [0, 0.05) is 25.4 Å². The lowest BCUT2D eigenvalue weighted by molar-refractivity contribution is -0.141. The average molecular weight is 374 g/mol. The molecule has 0 spiro atoms. The van der Waals surface area contributed by atoms with E-state index >= 15 is 0 Å². The number of alkyl halides is 3. The van der Waals surface area contributed by atoms with Crippen LogP contribution in [-0.2, 0) is 12.7 Å². The fourth-order valence-corrected chi connectivity index (χ4v) is 2.66. The van der Waals surface area contributed by atoms with E-state index in [1.54, 1.807) is 24.1 Å². The molecular formula is C19H17F3N4O. The molecule has 27 heavy (non-hydrogen) atoms. The van der Waals surface area contributed by atoms with Crippen molar-refractivity contribution in [2.75, 3.05) is 7.05 Å². The standard InChI is InChI=1S/C19H17F3N4O/c1-13-16(8-9-17(24-13)19(20,21)22)18(27)25(2)11-14-10-23-26(12-14)15-6-4-3-5-7-15/h3-10,12H,11H2,1-2H3. The number of rotatable bonds is 4. The van der Waals surface area contributed by atoms with E-state index in [-0.39, 0.29) is 17.8 Å². The summed E-state index contributed by atoms with van der Waals surface area (Å²) in [4.78, 5) is 17.5. The van der Waals surface area contributed by atoms with Gasteiger partial charge in [0.05, 0.1) is 23.1 Å². The molecule has 5 nitrogen and oxygen atoms in total. The monoisotopic (exact) mass is 374 g/mol. The van der Waals surface area contributed by atoms with Crippen LogP contribution in [-0.4, -0.2) is 32.6 Å². The van der Waals surface area contributed by atoms with Gasteiger partial charge in [-0.3, -0.25) is 4.79 Å². The van der Waals surface area contributed by atoms with Gasteiger partial charge in [-0.15, -0.1) is 0 Å². The number of hydrogen-bond donors (Lipinski definition) is 0. The van der Waals surface area contributed by atoms with E-state index in [0.717, 1.165) is 23.4 Å². The molecule has 0 bridgehead atoms. The first kappa shape index (κ1) is 18.6. The van der Waals surface area contributed by atoms with Crippen LogP contribution in [0.25, 0.3) is 5.69 Å². The van der Waals surface area contributed by atoms with Gasteiger partial charge in [0.2, 0.25) is 0 Å². The van der Waals surface area contributed by atoms with Crippen LogP contribution in [0.2, 0.25) is 0 Å². The molecule has 1 aromatic carbocycles. The molecule has 0 saturated heterocycles. The SMILES string of the molecule is Cc1nc(C(F)(F)F)ccc1C(=O)N(C)Cc1cnn(-c2ccccc2)c1. The smallest absolute Gasteiger partial charge is 0.337 e. The van der Waals surface area contributed by atoms with E-state index in [0.29, 0.717) is 0 Å². The Labute approximate surface area is 154 Å². The van der Waals surface area contributed by atoms with Crippen molar-refractivity contribution in [3.63, 3.8) is 0 Å². The van der Waals surface area contributed by atoms with Crippen LogP contribution >= 0.6 is 0 Å². The summed E-state index contributed by atoms with van der Waals surface area (Å²) in [5.41, 5.74) is 0.860. The number of pyridine rings is 1. The van der Waals surface area contributed by atoms with Crippen LogP contribution in [0, 0.1) is 6.92 Å². The third kappa shape index (κ3) is 4.16. The first-order valence-electron chi connectivity index (χ1n) is 8.15. The lowest BCUT2D eigenvalue weighted by atomic mass is 10.1. The van der Waals surface area contributed by atoms with Crippen molar-refractivity contribution in [3.05, 3.63) is 77.4 Å². The first-order chi connectivity index (χ1) is 12.8. The molecule has 0 saturated carbocycles. The summed E-state index contributed by atoms with van der Waals surface area (Å²) in [6, 6.07) is 11.5. The summed E-state index contributed by atoms with van der Waals surface area (Å²) >= 11 is 0. The van der Waals surface area contributed by atoms with Crippen molar-refractivity contribution in [1.29, 1.82) is 0 Å². The van der Waals surface area contributed by atoms with Crippen molar-refractivity contribution >= 4 is 5.91 Å². The van der Waals surface area contributed by atoms with Gasteiger partial charge in [-0.05, 0) is 31.2 Å². The molecule has 0 aliphatic carbocycles. The maximum atomic E-state index is 12.7. The van der Waals surface area contributed by atoms with Crippen LogP contribution in [0.15, 0.2) is 54.9 Å². The number of carbonyl (C=O) groups excluding carboxylic acids is 1. The molecule has 0 aliphatic heterocycles. The second-order valence-corrected chi connectivity index (χ2v) is 6.12. The molecular weight excluding hydrogens is 357 g/mol. The zero-order valence-corrected chi connectivity index (χ0v) is 14.7. The molecule has 1 amide bonds. The number of para-hydroxylation sites is 1. The molecule has 8 heteroatoms. The van der Waals surface area contributed by atoms with Gasteiger partial charge in [-0.1, -0.05) is 18.2 Å². The van der Waals surface area contributed by atoms with Gasteiger partial charge in [0.1, 0.15) is 5.69 Å². The van der Waals surface area contributed by atoms with Crippen molar-refractivity contribution in [2.45, 2.75) is 19.6 Å². The second kappa shape index (κ2) is 7.22. The molecule has 0 fully saturated rings. The van der Waals surface area contributed by atoms with E-state index in [1.807, 2.05) is 30.3 Å². The number of carbonyl (C=O) groups is 1. The summed E-state index contributed by atoms with van der Waals surface area (Å²) in [5.74, 6) is -0.402. The lowest BCUT2D eigenvalue weighted by Crippen LogP contribution is -2.27. The predicted octanol–water partition coefficient (Wildman–Crippen LogP) is 3.87. The minimum Gasteiger partial charge on any atom is -0.337 e. The highest BCUT2D eigenvalue weighted by Crippen LogP contribution is 2.28. The van der Waals surface area contributed by atoms with Gasteiger partial charge in [-0.25, -0.2) is 9.67 Å². The van der Waals surface area contributed by atoms with Crippen molar-refractivity contribution in [2.24, 2.45) is 0 Å². The molecule has 3 aromatic rings. The maximum Gasteiger partial charge on any atom is 0.433 e. The minimum absolute atomic E-state index is 0.0432. The zero-order chi connectivity index (χ0) is 19.6. The van der Waals surface area contributed by atoms with Gasteiger partial charge in [0.25, 0.3) is 5.91 Å². The number of amides is 1. The molecule has 0 atom stereocenters. The van der Waals surface area contributed by atoms with Gasteiger partial charge in [0.15, 0.2) is 0 Å². The molecule has 2 heterocycles. The highest BCUT2D eigenvalue weighted by atomic mass is 19.4. The Balaban J connectivity index is 1.74. The highest BCUT2D eigenvalue weighted by Gasteiger charge is 2.33. The topological polar surface area (TPSA) is 51.0 Å². The van der Waals surface area contributed by atoms with E-state index < -0.39 is 17.8 Å². The second-order valence-electron chi connectivity index (χ2n) is 6.12. The molecule has 0 N–H and O–H groups in total. The van der Waals surface area contributed by atoms with Crippen LogP contribution in [0.1, 0.15) is 27.3 Å². The Hall–Kier alpha value is -3.16. The van der Waals surface area contributed by atoms with Crippen LogP contribution < -0.4 is 0 Å². The Morgan fingerprint density at radius 2 is 1.85 bits per heavy atom. The fourth-order valence-electron chi connectivity index (χ4n) is 2.66. The number of hydrogen-bond acceptors (Lipinski definition) is 3. The van der Waals surface area contributed by atoms with Crippen LogP contribution in [0.5, 0.6) is 0 Å². The normalized spacial score (nSPS) is 11.4. The largest absolute Gasteiger partial charge is 0.433 e. The van der Waals surface area contributed by atoms with Crippen molar-refractivity contribution < 1.29 is 18.0 Å². The zero-order valence-electron chi connectivity index (χ0n) is 14.7. The van der Waals surface area contributed by atoms with Gasteiger partial charge in [-0.2, -0.15) is 18.3 Å². The molecule has 0 unspecified atom stereocenters. The number of aromatic nitrogens is 3. The van der Waals surface area contributed by atoms with Gasteiger partial charge < -0.3 is 4.90 Å². The quantitative estimate of drug-likeness (QED) is 0.697. The molecule has 0 radical (unpaired) electrons. The Kier molecular flexibility index (Phi) is 4.98. The predicted molar refractivity (Wildman–Crippen MR) is 93.3 cm³/mol. The van der Waals surface area contributed by atoms with Crippen molar-refractivity contribution in [3.8, 4) is 5.69 Å². The van der Waals surface area contributed by atoms with Crippen LogP contribution in [0.3, 0.4) is 0 Å². The van der Waals surface area contributed by atoms with Gasteiger partial charge >= 0.3 is 6.18 Å². The van der Waals surface area contributed by atoms with E-state index in [2.05, 4.69) is 10.1 Å². The molecule has 0 aliphatic rings. The summed E-state index contributed by atoms with van der Waals surface area (Å²) in [6.45, 7) is 1.66. The molecule has 3 rings (SSSR count). The Bertz CT molecular complexity index is 951. The Morgan fingerprint density at radius 1 is 1.15 bits per heavy atom. The maximum absolute atomic E-state index is 12.7. The number of nitrogens with zero attached hydrogens (tertiary/aromatic N) is 4. The summed E-state index contributed by atoms with van der Waals surface area (Å²) in [5, 5.41) is 4.27. The van der Waals surface area contributed by atoms with E-state index in [9.17, 15) is 18.0 Å². The summed E-state index contributed by atoms with van der Waals surface area (Å²) < 4.78 is 39.9. The van der Waals surface area contributed by atoms with Crippen LogP contribution in [0.4, 0.5) is 13.2 Å². The van der Waals surface area contributed by atoms with Crippen molar-refractivity contribution in [1.82, 2.24) is 19.7 Å². The third-order valence-electron chi connectivity index (χ3n) is 4.03. The number of halogens is 3. The molecule has 2 aromatic heterocycles. The molecule has 140 valence electrons. The first-order valence-corrected chi connectivity index (χ1v) is 8.15. The lowest BCUT2D eigenvalue weighted by Gasteiger charge is -2.18. The number of aryl methyl sites for hydroxylation is 1. The highest BCUT2D eigenvalue weighted by molar-refractivity contribution is 5.95. The third-order valence-corrected chi connectivity index (χ3v) is 4.03. The Morgan fingerprint density at radius 3 is 2.48 bits per heavy atom. The summed E-state index contributed by atoms with van der Waals surface area (Å²) in [6.07, 6.45) is -1.09. The van der Waals surface area contributed by atoms with E-state index in [1.165, 1.54) is 11.8 Å². The minimum atomic E-state index is -4.54. The fraction of sp³-hybridized carbons (Fsp3) is 0.211. The summed E-state index contributed by atoms with van der Waals surface area (Å²) in [7, 11) is 1.58. The van der Waals surface area contributed by atoms with E-state index in [4.69, 9.17) is 0 Å².